The van der Waals surface area contributed by atoms with Crippen LogP contribution < -0.4 is 5.32 Å². The molecule has 1 saturated carbocycles. The molecular weight excluding hydrogens is 354 g/mol. The molecule has 0 bridgehead atoms. The van der Waals surface area contributed by atoms with Crippen LogP contribution in [0.5, 0.6) is 0 Å². The average Bonchev–Trinajstić information content (AvgIpc) is 2.53. The lowest BCUT2D eigenvalue weighted by Crippen LogP contribution is -2.41. The number of hydrogen-bond donors (Lipinski definition) is 1. The number of hydrogen-bond acceptors (Lipinski definition) is 5. The van der Waals surface area contributed by atoms with Gasteiger partial charge in [0.15, 0.2) is 0 Å². The smallest absolute Gasteiger partial charge is 0.407 e. The van der Waals surface area contributed by atoms with Crippen molar-refractivity contribution in [2.75, 3.05) is 6.61 Å². The van der Waals surface area contributed by atoms with Gasteiger partial charge in [-0.2, -0.15) is 8.42 Å². The number of carbonyl (C=O) groups is 1. The molecule has 0 atom stereocenters. The highest BCUT2D eigenvalue weighted by Gasteiger charge is 2.26. The minimum absolute atomic E-state index is 0.0646. The van der Waals surface area contributed by atoms with Crippen LogP contribution in [-0.4, -0.2) is 32.8 Å². The van der Waals surface area contributed by atoms with E-state index in [9.17, 15) is 13.2 Å². The van der Waals surface area contributed by atoms with Crippen molar-refractivity contribution < 1.29 is 22.1 Å². The summed E-state index contributed by atoms with van der Waals surface area (Å²) in [4.78, 5) is 12.0. The van der Waals surface area contributed by atoms with Crippen LogP contribution in [0.15, 0.2) is 29.2 Å². The van der Waals surface area contributed by atoms with Gasteiger partial charge in [0, 0.05) is 6.04 Å². The number of benzene rings is 1. The predicted octanol–water partition coefficient (Wildman–Crippen LogP) is 3.78. The Hall–Kier alpha value is -1.60. The average molecular weight is 384 g/mol. The monoisotopic (exact) mass is 383 g/mol. The second-order valence-corrected chi connectivity index (χ2v) is 9.53. The molecule has 0 aliphatic heterocycles. The molecular formula is C19H29NO5S. The quantitative estimate of drug-likeness (QED) is 0.783. The highest BCUT2D eigenvalue weighted by molar-refractivity contribution is 7.86. The molecule has 1 N–H and O–H groups in total. The summed E-state index contributed by atoms with van der Waals surface area (Å²) in [6.45, 7) is 7.57. The molecule has 1 fully saturated rings. The first-order valence-electron chi connectivity index (χ1n) is 9.01. The van der Waals surface area contributed by atoms with Gasteiger partial charge in [0.25, 0.3) is 10.1 Å². The van der Waals surface area contributed by atoms with E-state index in [0.29, 0.717) is 0 Å². The fourth-order valence-corrected chi connectivity index (χ4v) is 3.88. The van der Waals surface area contributed by atoms with Gasteiger partial charge in [0.1, 0.15) is 5.60 Å². The zero-order chi connectivity index (χ0) is 19.4. The van der Waals surface area contributed by atoms with Crippen LogP contribution in [0, 0.1) is 12.8 Å². The highest BCUT2D eigenvalue weighted by atomic mass is 32.2. The molecule has 26 heavy (non-hydrogen) atoms. The van der Waals surface area contributed by atoms with Crippen LogP contribution in [0.3, 0.4) is 0 Å². The summed E-state index contributed by atoms with van der Waals surface area (Å²) in [5, 5.41) is 2.88. The van der Waals surface area contributed by atoms with Gasteiger partial charge in [0.05, 0.1) is 11.5 Å². The lowest BCUT2D eigenvalue weighted by atomic mass is 9.87. The maximum Gasteiger partial charge on any atom is 0.407 e. The van der Waals surface area contributed by atoms with Crippen LogP contribution in [0.2, 0.25) is 0 Å². The Labute approximate surface area is 156 Å². The van der Waals surface area contributed by atoms with Crippen molar-refractivity contribution in [3.05, 3.63) is 29.8 Å². The van der Waals surface area contributed by atoms with Crippen LogP contribution in [0.25, 0.3) is 0 Å². The van der Waals surface area contributed by atoms with E-state index < -0.39 is 21.8 Å². The van der Waals surface area contributed by atoms with Crippen LogP contribution in [0.1, 0.15) is 52.0 Å². The van der Waals surface area contributed by atoms with Crippen molar-refractivity contribution in [1.29, 1.82) is 0 Å². The molecule has 1 aliphatic carbocycles. The van der Waals surface area contributed by atoms with E-state index in [1.807, 2.05) is 27.7 Å². The molecule has 0 spiro atoms. The van der Waals surface area contributed by atoms with Gasteiger partial charge in [-0.05, 0) is 71.4 Å². The Morgan fingerprint density at radius 3 is 2.23 bits per heavy atom. The third-order valence-electron chi connectivity index (χ3n) is 4.34. The van der Waals surface area contributed by atoms with E-state index in [0.717, 1.165) is 31.2 Å². The fraction of sp³-hybridized carbons (Fsp3) is 0.632. The SMILES string of the molecule is Cc1ccc(S(=O)(=O)OCC2CCC(NC(=O)OC(C)(C)C)CC2)cc1. The highest BCUT2D eigenvalue weighted by Crippen LogP contribution is 2.26. The summed E-state index contributed by atoms with van der Waals surface area (Å²) in [6, 6.07) is 6.70. The minimum atomic E-state index is -3.72. The molecule has 6 nitrogen and oxygen atoms in total. The summed E-state index contributed by atoms with van der Waals surface area (Å²) in [5.74, 6) is 0.173. The molecule has 2 rings (SSSR count). The zero-order valence-corrected chi connectivity index (χ0v) is 16.8. The Morgan fingerprint density at radius 1 is 1.12 bits per heavy atom. The third kappa shape index (κ3) is 6.61. The van der Waals surface area contributed by atoms with Crippen molar-refractivity contribution in [3.63, 3.8) is 0 Å². The van der Waals surface area contributed by atoms with Gasteiger partial charge in [-0.3, -0.25) is 4.18 Å². The lowest BCUT2D eigenvalue weighted by molar-refractivity contribution is 0.0484. The number of aryl methyl sites for hydroxylation is 1. The van der Waals surface area contributed by atoms with Crippen molar-refractivity contribution in [1.82, 2.24) is 5.32 Å². The molecule has 0 radical (unpaired) electrons. The van der Waals surface area contributed by atoms with Gasteiger partial charge < -0.3 is 10.1 Å². The number of nitrogens with one attached hydrogen (secondary N) is 1. The predicted molar refractivity (Wildman–Crippen MR) is 99.4 cm³/mol. The first-order valence-corrected chi connectivity index (χ1v) is 10.4. The summed E-state index contributed by atoms with van der Waals surface area (Å²) in [7, 11) is -3.72. The number of ether oxygens (including phenoxy) is 1. The van der Waals surface area contributed by atoms with Crippen molar-refractivity contribution in [2.24, 2.45) is 5.92 Å². The zero-order valence-electron chi connectivity index (χ0n) is 15.9. The molecule has 1 amide bonds. The molecule has 0 saturated heterocycles. The number of carbonyl (C=O) groups excluding carboxylic acids is 1. The first kappa shape index (κ1) is 20.7. The van der Waals surface area contributed by atoms with Crippen molar-refractivity contribution in [2.45, 2.75) is 69.9 Å². The Balaban J connectivity index is 1.76. The molecule has 1 aromatic rings. The summed E-state index contributed by atoms with van der Waals surface area (Å²) in [6.07, 6.45) is 2.79. The molecule has 1 aliphatic rings. The topological polar surface area (TPSA) is 81.7 Å². The minimum Gasteiger partial charge on any atom is -0.444 e. The van der Waals surface area contributed by atoms with Crippen LogP contribution in [0.4, 0.5) is 4.79 Å². The molecule has 1 aromatic carbocycles. The Kier molecular flexibility index (Phi) is 6.69. The Morgan fingerprint density at radius 2 is 1.69 bits per heavy atom. The summed E-state index contributed by atoms with van der Waals surface area (Å²) < 4.78 is 35.0. The van der Waals surface area contributed by atoms with Crippen LogP contribution >= 0.6 is 0 Å². The van der Waals surface area contributed by atoms with Gasteiger partial charge in [-0.15, -0.1) is 0 Å². The maximum atomic E-state index is 12.2. The second kappa shape index (κ2) is 8.39. The molecule has 7 heteroatoms. The van der Waals surface area contributed by atoms with E-state index in [1.54, 1.807) is 24.3 Å². The lowest BCUT2D eigenvalue weighted by Gasteiger charge is -2.29. The Bertz CT molecular complexity index is 698. The van der Waals surface area contributed by atoms with E-state index in [4.69, 9.17) is 8.92 Å². The van der Waals surface area contributed by atoms with E-state index in [-0.39, 0.29) is 23.5 Å². The first-order chi connectivity index (χ1) is 12.0. The summed E-state index contributed by atoms with van der Waals surface area (Å²) in [5.41, 5.74) is 0.485. The van der Waals surface area contributed by atoms with Gasteiger partial charge in [-0.25, -0.2) is 4.79 Å². The molecule has 0 aromatic heterocycles. The standard InChI is InChI=1S/C19H29NO5S/c1-14-5-11-17(12-6-14)26(22,23)24-13-15-7-9-16(10-8-15)20-18(21)25-19(2,3)4/h5-6,11-12,15-16H,7-10,13H2,1-4H3,(H,20,21). The molecule has 0 unspecified atom stereocenters. The van der Waals surface area contributed by atoms with Crippen molar-refractivity contribution in [3.8, 4) is 0 Å². The van der Waals surface area contributed by atoms with Crippen molar-refractivity contribution >= 4 is 16.2 Å². The van der Waals surface area contributed by atoms with Crippen LogP contribution in [-0.2, 0) is 19.0 Å². The number of rotatable bonds is 5. The molecule has 146 valence electrons. The largest absolute Gasteiger partial charge is 0.444 e. The second-order valence-electron chi connectivity index (χ2n) is 7.92. The maximum absolute atomic E-state index is 12.2. The third-order valence-corrected chi connectivity index (χ3v) is 5.63. The van der Waals surface area contributed by atoms with E-state index in [2.05, 4.69) is 5.32 Å². The fourth-order valence-electron chi connectivity index (χ4n) is 2.91. The van der Waals surface area contributed by atoms with Gasteiger partial charge >= 0.3 is 6.09 Å². The summed E-state index contributed by atoms with van der Waals surface area (Å²) >= 11 is 0. The number of alkyl carbamates (subject to hydrolysis) is 1. The normalized spacial score (nSPS) is 21.2. The molecule has 0 heterocycles. The number of amides is 1. The van der Waals surface area contributed by atoms with Gasteiger partial charge in [0.2, 0.25) is 0 Å². The van der Waals surface area contributed by atoms with E-state index in [1.165, 1.54) is 0 Å². The van der Waals surface area contributed by atoms with E-state index >= 15 is 0 Å². The van der Waals surface area contributed by atoms with Gasteiger partial charge in [-0.1, -0.05) is 17.7 Å².